The molecule has 0 bridgehead atoms. The zero-order valence-corrected chi connectivity index (χ0v) is 11.8. The molecule has 2 rings (SSSR count). The summed E-state index contributed by atoms with van der Waals surface area (Å²) < 4.78 is 43.0. The molecule has 0 saturated heterocycles. The lowest BCUT2D eigenvalue weighted by molar-refractivity contribution is -0.137. The van der Waals surface area contributed by atoms with Crippen LogP contribution in [0.1, 0.15) is 11.1 Å². The van der Waals surface area contributed by atoms with E-state index in [-0.39, 0.29) is 0 Å². The highest BCUT2D eigenvalue weighted by Gasteiger charge is 2.30. The van der Waals surface area contributed by atoms with Crippen LogP contribution in [0.4, 0.5) is 13.2 Å². The van der Waals surface area contributed by atoms with Gasteiger partial charge in [0.05, 0.1) is 12.7 Å². The molecule has 2 nitrogen and oxygen atoms in total. The van der Waals surface area contributed by atoms with Crippen molar-refractivity contribution in [1.82, 2.24) is 5.32 Å². The Morgan fingerprint density at radius 2 is 1.71 bits per heavy atom. The largest absolute Gasteiger partial charge is 0.497 e. The lowest BCUT2D eigenvalue weighted by Crippen LogP contribution is -2.07. The number of ether oxygens (including phenoxy) is 1. The van der Waals surface area contributed by atoms with Crippen LogP contribution in [0.25, 0.3) is 11.1 Å². The third-order valence-corrected chi connectivity index (χ3v) is 3.20. The molecule has 21 heavy (non-hydrogen) atoms. The van der Waals surface area contributed by atoms with E-state index in [4.69, 9.17) is 4.74 Å². The van der Waals surface area contributed by atoms with Crippen LogP contribution < -0.4 is 10.1 Å². The number of methoxy groups -OCH3 is 1. The highest BCUT2D eigenvalue weighted by molar-refractivity contribution is 5.68. The van der Waals surface area contributed by atoms with E-state index in [1.807, 2.05) is 19.2 Å². The van der Waals surface area contributed by atoms with Crippen molar-refractivity contribution in [3.05, 3.63) is 53.6 Å². The van der Waals surface area contributed by atoms with Crippen molar-refractivity contribution in [2.24, 2.45) is 0 Å². The third-order valence-electron chi connectivity index (χ3n) is 3.20. The number of nitrogens with one attached hydrogen (secondary N) is 1. The van der Waals surface area contributed by atoms with Gasteiger partial charge in [-0.3, -0.25) is 0 Å². The summed E-state index contributed by atoms with van der Waals surface area (Å²) in [5.74, 6) is 0.718. The molecule has 0 saturated carbocycles. The fourth-order valence-electron chi connectivity index (χ4n) is 2.15. The minimum Gasteiger partial charge on any atom is -0.497 e. The van der Waals surface area contributed by atoms with Gasteiger partial charge < -0.3 is 10.1 Å². The maximum atomic E-state index is 12.6. The second-order valence-corrected chi connectivity index (χ2v) is 4.63. The van der Waals surface area contributed by atoms with Gasteiger partial charge in [0.15, 0.2) is 0 Å². The minimum atomic E-state index is -4.31. The van der Waals surface area contributed by atoms with Crippen LogP contribution in [0.2, 0.25) is 0 Å². The van der Waals surface area contributed by atoms with Crippen molar-refractivity contribution in [3.63, 3.8) is 0 Å². The molecule has 0 spiro atoms. The summed E-state index contributed by atoms with van der Waals surface area (Å²) in [6, 6.07) is 10.7. The van der Waals surface area contributed by atoms with E-state index in [1.165, 1.54) is 12.1 Å². The standard InChI is InChI=1S/C16H16F3NO/c1-20-10-12-9-14(21-2)7-8-15(12)11-3-5-13(6-4-11)16(17,18)19/h3-9,20H,10H2,1-2H3. The van der Waals surface area contributed by atoms with Crippen LogP contribution in [0.15, 0.2) is 42.5 Å². The Balaban J connectivity index is 2.41. The van der Waals surface area contributed by atoms with Crippen LogP contribution in [0.5, 0.6) is 5.75 Å². The summed E-state index contributed by atoms with van der Waals surface area (Å²) in [7, 11) is 3.40. The van der Waals surface area contributed by atoms with Crippen LogP contribution in [0, 0.1) is 0 Å². The number of hydrogen-bond donors (Lipinski definition) is 1. The molecule has 1 N–H and O–H groups in total. The van der Waals surface area contributed by atoms with Crippen molar-refractivity contribution in [2.75, 3.05) is 14.2 Å². The summed E-state index contributed by atoms with van der Waals surface area (Å²) in [6.45, 7) is 0.605. The fraction of sp³-hybridized carbons (Fsp3) is 0.250. The van der Waals surface area contributed by atoms with Gasteiger partial charge in [-0.15, -0.1) is 0 Å². The van der Waals surface area contributed by atoms with Crippen molar-refractivity contribution < 1.29 is 17.9 Å². The summed E-state index contributed by atoms with van der Waals surface area (Å²) in [5.41, 5.74) is 1.96. The average Bonchev–Trinajstić information content (AvgIpc) is 2.47. The molecule has 0 aliphatic carbocycles. The number of halogens is 3. The molecule has 0 unspecified atom stereocenters. The molecule has 0 aliphatic rings. The highest BCUT2D eigenvalue weighted by Crippen LogP contribution is 2.32. The molecule has 0 atom stereocenters. The zero-order chi connectivity index (χ0) is 15.5. The normalized spacial score (nSPS) is 11.5. The van der Waals surface area contributed by atoms with E-state index >= 15 is 0 Å². The smallest absolute Gasteiger partial charge is 0.416 e. The molecular weight excluding hydrogens is 279 g/mol. The van der Waals surface area contributed by atoms with Crippen molar-refractivity contribution in [2.45, 2.75) is 12.7 Å². The van der Waals surface area contributed by atoms with Crippen LogP contribution in [-0.4, -0.2) is 14.2 Å². The molecule has 2 aromatic carbocycles. The second-order valence-electron chi connectivity index (χ2n) is 4.63. The lowest BCUT2D eigenvalue weighted by Gasteiger charge is -2.13. The van der Waals surface area contributed by atoms with E-state index in [0.717, 1.165) is 34.6 Å². The minimum absolute atomic E-state index is 0.605. The molecule has 0 heterocycles. The SMILES string of the molecule is CNCc1cc(OC)ccc1-c1ccc(C(F)(F)F)cc1. The van der Waals surface area contributed by atoms with Gasteiger partial charge in [0, 0.05) is 6.54 Å². The quantitative estimate of drug-likeness (QED) is 0.917. The van der Waals surface area contributed by atoms with Crippen LogP contribution >= 0.6 is 0 Å². The van der Waals surface area contributed by atoms with E-state index in [1.54, 1.807) is 13.2 Å². The summed E-state index contributed by atoms with van der Waals surface area (Å²) in [5, 5.41) is 3.05. The Bertz CT molecular complexity index is 606. The first-order valence-electron chi connectivity index (χ1n) is 6.45. The Kier molecular flexibility index (Phi) is 4.53. The first-order chi connectivity index (χ1) is 9.95. The van der Waals surface area contributed by atoms with E-state index in [9.17, 15) is 13.2 Å². The third kappa shape index (κ3) is 3.55. The van der Waals surface area contributed by atoms with E-state index < -0.39 is 11.7 Å². The Labute approximate surface area is 121 Å². The van der Waals surface area contributed by atoms with E-state index in [2.05, 4.69) is 5.32 Å². The molecule has 0 amide bonds. The monoisotopic (exact) mass is 295 g/mol. The topological polar surface area (TPSA) is 21.3 Å². The first kappa shape index (κ1) is 15.4. The van der Waals surface area contributed by atoms with Crippen molar-refractivity contribution in [3.8, 4) is 16.9 Å². The molecular formula is C16H16F3NO. The van der Waals surface area contributed by atoms with Gasteiger partial charge in [0.1, 0.15) is 5.75 Å². The fourth-order valence-corrected chi connectivity index (χ4v) is 2.15. The molecule has 0 fully saturated rings. The van der Waals surface area contributed by atoms with Crippen LogP contribution in [0.3, 0.4) is 0 Å². The maximum absolute atomic E-state index is 12.6. The molecule has 2 aromatic rings. The van der Waals surface area contributed by atoms with Gasteiger partial charge >= 0.3 is 6.18 Å². The maximum Gasteiger partial charge on any atom is 0.416 e. The van der Waals surface area contributed by atoms with E-state index in [0.29, 0.717) is 6.54 Å². The Morgan fingerprint density at radius 3 is 2.24 bits per heavy atom. The number of alkyl halides is 3. The molecule has 0 aromatic heterocycles. The van der Waals surface area contributed by atoms with Gasteiger partial charge in [-0.25, -0.2) is 0 Å². The summed E-state index contributed by atoms with van der Waals surface area (Å²) in [6.07, 6.45) is -4.31. The van der Waals surface area contributed by atoms with Crippen molar-refractivity contribution in [1.29, 1.82) is 0 Å². The number of rotatable bonds is 4. The molecule has 0 radical (unpaired) electrons. The first-order valence-corrected chi connectivity index (χ1v) is 6.45. The molecule has 5 heteroatoms. The Morgan fingerprint density at radius 1 is 1.05 bits per heavy atom. The van der Waals surface area contributed by atoms with Gasteiger partial charge in [-0.2, -0.15) is 13.2 Å². The van der Waals surface area contributed by atoms with Gasteiger partial charge in [0.25, 0.3) is 0 Å². The van der Waals surface area contributed by atoms with Gasteiger partial charge in [-0.05, 0) is 48.0 Å². The van der Waals surface area contributed by atoms with Gasteiger partial charge in [0.2, 0.25) is 0 Å². The highest BCUT2D eigenvalue weighted by atomic mass is 19.4. The number of hydrogen-bond acceptors (Lipinski definition) is 2. The lowest BCUT2D eigenvalue weighted by atomic mass is 9.98. The van der Waals surface area contributed by atoms with Crippen molar-refractivity contribution >= 4 is 0 Å². The summed E-state index contributed by atoms with van der Waals surface area (Å²) in [4.78, 5) is 0. The second kappa shape index (κ2) is 6.18. The predicted molar refractivity (Wildman–Crippen MR) is 76.2 cm³/mol. The Hall–Kier alpha value is -2.01. The van der Waals surface area contributed by atoms with Gasteiger partial charge in [-0.1, -0.05) is 18.2 Å². The zero-order valence-electron chi connectivity index (χ0n) is 11.8. The predicted octanol–water partition coefficient (Wildman–Crippen LogP) is 4.10. The molecule has 112 valence electrons. The summed E-state index contributed by atoms with van der Waals surface area (Å²) >= 11 is 0. The number of benzene rings is 2. The van der Waals surface area contributed by atoms with Crippen LogP contribution in [-0.2, 0) is 12.7 Å². The average molecular weight is 295 g/mol. The molecule has 0 aliphatic heterocycles.